The summed E-state index contributed by atoms with van der Waals surface area (Å²) >= 11 is 0. The molecule has 1 aliphatic rings. The molecule has 0 aliphatic carbocycles. The lowest BCUT2D eigenvalue weighted by atomic mass is 10.3. The van der Waals surface area contributed by atoms with Gasteiger partial charge in [0.05, 0.1) is 0 Å². The van der Waals surface area contributed by atoms with Crippen LogP contribution in [0.15, 0.2) is 24.8 Å². The van der Waals surface area contributed by atoms with E-state index in [0.29, 0.717) is 18.1 Å². The van der Waals surface area contributed by atoms with Crippen LogP contribution in [0.2, 0.25) is 0 Å². The molecule has 1 aliphatic heterocycles. The third-order valence-corrected chi connectivity index (χ3v) is 1.57. The van der Waals surface area contributed by atoms with E-state index < -0.39 is 0 Å². The van der Waals surface area contributed by atoms with Crippen LogP contribution < -0.4 is 9.47 Å². The monoisotopic (exact) mass is 164 g/mol. The van der Waals surface area contributed by atoms with Gasteiger partial charge in [-0.25, -0.2) is 0 Å². The molecule has 0 fully saturated rings. The van der Waals surface area contributed by atoms with Crippen molar-refractivity contribution in [1.29, 1.82) is 0 Å². The third kappa shape index (κ3) is 0.993. The van der Waals surface area contributed by atoms with E-state index >= 15 is 0 Å². The Balaban J connectivity index is 2.26. The van der Waals surface area contributed by atoms with Gasteiger partial charge in [-0.05, 0) is 12.1 Å². The summed E-state index contributed by atoms with van der Waals surface area (Å²) < 4.78 is 10.2. The molecule has 3 heteroatoms. The molecule has 0 radical (unpaired) electrons. The van der Waals surface area contributed by atoms with E-state index in [1.807, 2.05) is 0 Å². The molecule has 0 spiro atoms. The summed E-state index contributed by atoms with van der Waals surface area (Å²) in [5.41, 5.74) is 0. The van der Waals surface area contributed by atoms with Crippen molar-refractivity contribution in [2.24, 2.45) is 0 Å². The molecule has 0 saturated heterocycles. The van der Waals surface area contributed by atoms with E-state index in [-0.39, 0.29) is 5.75 Å². The molecule has 1 aromatic rings. The Bertz CT molecular complexity index is 327. The number of hydrogen-bond donors (Lipinski definition) is 1. The maximum Gasteiger partial charge on any atom is 0.215 e. The summed E-state index contributed by atoms with van der Waals surface area (Å²) in [6.45, 7) is 3.87. The molecule has 0 saturated carbocycles. The average Bonchev–Trinajstić information content (AvgIpc) is 2.82. The van der Waals surface area contributed by atoms with Gasteiger partial charge in [-0.15, -0.1) is 0 Å². The molecule has 0 amide bonds. The molecule has 0 atom stereocenters. The highest BCUT2D eigenvalue weighted by atomic mass is 16.6. The first-order chi connectivity index (χ1) is 5.83. The fourth-order valence-electron chi connectivity index (χ4n) is 0.981. The Kier molecular flexibility index (Phi) is 1.43. The maximum atomic E-state index is 9.31. The molecule has 1 N–H and O–H groups in total. The van der Waals surface area contributed by atoms with Crippen LogP contribution in [0.3, 0.4) is 0 Å². The lowest BCUT2D eigenvalue weighted by Gasteiger charge is -2.01. The molecule has 1 heterocycles. The van der Waals surface area contributed by atoms with Crippen LogP contribution in [-0.2, 0) is 0 Å². The molecule has 3 nitrogen and oxygen atoms in total. The summed E-state index contributed by atoms with van der Waals surface area (Å²) in [5, 5.41) is 9.31. The second-order valence-electron chi connectivity index (χ2n) is 2.44. The lowest BCUT2D eigenvalue weighted by Crippen LogP contribution is -1.91. The first-order valence-electron chi connectivity index (χ1n) is 3.60. The molecule has 12 heavy (non-hydrogen) atoms. The Hall–Kier alpha value is -1.64. The van der Waals surface area contributed by atoms with Gasteiger partial charge >= 0.3 is 0 Å². The molecular formula is C9H8O3. The fourth-order valence-corrected chi connectivity index (χ4v) is 0.981. The van der Waals surface area contributed by atoms with Crippen LogP contribution in [0.5, 0.6) is 23.0 Å². The molecule has 0 unspecified atom stereocenters. The zero-order chi connectivity index (χ0) is 8.55. The number of aromatic hydroxyl groups is 1. The molecule has 2 rings (SSSR count). The second kappa shape index (κ2) is 2.44. The van der Waals surface area contributed by atoms with Crippen LogP contribution in [0, 0.1) is 0 Å². The molecule has 62 valence electrons. The van der Waals surface area contributed by atoms with Gasteiger partial charge in [0.25, 0.3) is 0 Å². The Morgan fingerprint density at radius 3 is 3.17 bits per heavy atom. The highest BCUT2D eigenvalue weighted by Crippen LogP contribution is 2.56. The molecular weight excluding hydrogens is 156 g/mol. The van der Waals surface area contributed by atoms with E-state index in [4.69, 9.17) is 9.47 Å². The van der Waals surface area contributed by atoms with Crippen molar-refractivity contribution >= 4 is 0 Å². The summed E-state index contributed by atoms with van der Waals surface area (Å²) in [6, 6.07) is 3.25. The van der Waals surface area contributed by atoms with Gasteiger partial charge < -0.3 is 14.6 Å². The van der Waals surface area contributed by atoms with Crippen molar-refractivity contribution in [3.8, 4) is 23.0 Å². The van der Waals surface area contributed by atoms with Gasteiger partial charge in [-0.1, -0.05) is 12.7 Å². The largest absolute Gasteiger partial charge is 0.504 e. The Morgan fingerprint density at radius 2 is 2.42 bits per heavy atom. The second-order valence-corrected chi connectivity index (χ2v) is 2.44. The number of rotatable bonds is 3. The van der Waals surface area contributed by atoms with Crippen LogP contribution in [0.4, 0.5) is 0 Å². The standard InChI is InChI=1S/C9H8O3/c1-2-5-11-8-6(10)3-4-7-9(8)12-7/h2-4,10H,1,5H2. The van der Waals surface area contributed by atoms with Gasteiger partial charge in [0.1, 0.15) is 6.61 Å². The molecule has 0 bridgehead atoms. The number of phenolic OH excluding ortho intramolecular Hbond substituents is 1. The third-order valence-electron chi connectivity index (χ3n) is 1.57. The van der Waals surface area contributed by atoms with E-state index in [0.717, 1.165) is 5.75 Å². The normalized spacial score (nSPS) is 11.3. The summed E-state index contributed by atoms with van der Waals surface area (Å²) in [5.74, 6) is 1.92. The number of hydrogen-bond acceptors (Lipinski definition) is 3. The van der Waals surface area contributed by atoms with E-state index in [9.17, 15) is 5.11 Å². The van der Waals surface area contributed by atoms with Crippen LogP contribution >= 0.6 is 0 Å². The first kappa shape index (κ1) is 7.03. The Morgan fingerprint density at radius 1 is 1.58 bits per heavy atom. The number of phenols is 1. The van der Waals surface area contributed by atoms with E-state index in [1.165, 1.54) is 0 Å². The molecule has 0 aromatic heterocycles. The summed E-state index contributed by atoms with van der Waals surface area (Å²) in [6.07, 6.45) is 1.61. The summed E-state index contributed by atoms with van der Waals surface area (Å²) in [4.78, 5) is 0. The quantitative estimate of drug-likeness (QED) is 0.557. The highest BCUT2D eigenvalue weighted by Gasteiger charge is 2.28. The number of fused-ring (bicyclic) bond motifs is 1. The SMILES string of the molecule is C=CCOc1c(O)ccc2c1O2. The van der Waals surface area contributed by atoms with E-state index in [2.05, 4.69) is 6.58 Å². The van der Waals surface area contributed by atoms with Crippen LogP contribution in [0.25, 0.3) is 0 Å². The highest BCUT2D eigenvalue weighted by molar-refractivity contribution is 5.67. The topological polar surface area (TPSA) is 42.0 Å². The zero-order valence-corrected chi connectivity index (χ0v) is 6.41. The van der Waals surface area contributed by atoms with Gasteiger partial charge in [-0.3, -0.25) is 0 Å². The predicted octanol–water partition coefficient (Wildman–Crippen LogP) is 2.06. The van der Waals surface area contributed by atoms with Crippen molar-refractivity contribution in [3.05, 3.63) is 24.8 Å². The first-order valence-corrected chi connectivity index (χ1v) is 3.60. The van der Waals surface area contributed by atoms with Crippen molar-refractivity contribution in [3.63, 3.8) is 0 Å². The average molecular weight is 164 g/mol. The molecule has 1 aromatic carbocycles. The van der Waals surface area contributed by atoms with Crippen molar-refractivity contribution in [2.75, 3.05) is 6.61 Å². The van der Waals surface area contributed by atoms with Crippen molar-refractivity contribution < 1.29 is 14.6 Å². The number of benzene rings is 1. The smallest absolute Gasteiger partial charge is 0.215 e. The lowest BCUT2D eigenvalue weighted by molar-refractivity contribution is 0.333. The van der Waals surface area contributed by atoms with E-state index in [1.54, 1.807) is 18.2 Å². The minimum Gasteiger partial charge on any atom is -0.504 e. The van der Waals surface area contributed by atoms with Crippen LogP contribution in [-0.4, -0.2) is 11.7 Å². The zero-order valence-electron chi connectivity index (χ0n) is 6.41. The van der Waals surface area contributed by atoms with Crippen LogP contribution in [0.1, 0.15) is 0 Å². The van der Waals surface area contributed by atoms with Gasteiger partial charge in [0.2, 0.25) is 11.5 Å². The fraction of sp³-hybridized carbons (Fsp3) is 0.111. The van der Waals surface area contributed by atoms with Crippen molar-refractivity contribution in [2.45, 2.75) is 0 Å². The Labute approximate surface area is 69.9 Å². The van der Waals surface area contributed by atoms with Crippen molar-refractivity contribution in [1.82, 2.24) is 0 Å². The van der Waals surface area contributed by atoms with Gasteiger partial charge in [0, 0.05) is 0 Å². The summed E-state index contributed by atoms with van der Waals surface area (Å²) in [7, 11) is 0. The maximum absolute atomic E-state index is 9.31. The predicted molar refractivity (Wildman–Crippen MR) is 43.9 cm³/mol. The number of ether oxygens (including phenoxy) is 2. The minimum atomic E-state index is 0.105. The minimum absolute atomic E-state index is 0.105. The van der Waals surface area contributed by atoms with Gasteiger partial charge in [0.15, 0.2) is 11.5 Å². The van der Waals surface area contributed by atoms with Gasteiger partial charge in [-0.2, -0.15) is 0 Å².